The van der Waals surface area contributed by atoms with E-state index in [-0.39, 0.29) is 0 Å². The summed E-state index contributed by atoms with van der Waals surface area (Å²) in [5.41, 5.74) is 4.07. The molecule has 3 aromatic rings. The highest BCUT2D eigenvalue weighted by Gasteiger charge is 2.17. The molecule has 0 saturated heterocycles. The minimum atomic E-state index is 0.423. The maximum atomic E-state index is 8.99. The molecule has 1 aliphatic rings. The Morgan fingerprint density at radius 2 is 1.96 bits per heavy atom. The lowest BCUT2D eigenvalue weighted by atomic mass is 10.0. The predicted octanol–water partition coefficient (Wildman–Crippen LogP) is 3.05. The molecule has 0 fully saturated rings. The molecule has 0 unspecified atom stereocenters. The summed E-state index contributed by atoms with van der Waals surface area (Å²) in [6, 6.07) is 17.8. The highest BCUT2D eigenvalue weighted by atomic mass is 15.3. The monoisotopic (exact) mass is 328 g/mol. The summed E-state index contributed by atoms with van der Waals surface area (Å²) in [6.07, 6.45) is 2.68. The zero-order chi connectivity index (χ0) is 17.1. The van der Waals surface area contributed by atoms with Crippen LogP contribution in [0.2, 0.25) is 0 Å². The zero-order valence-electron chi connectivity index (χ0n) is 13.6. The highest BCUT2D eigenvalue weighted by Crippen LogP contribution is 2.23. The molecule has 0 aliphatic carbocycles. The lowest BCUT2D eigenvalue weighted by molar-refractivity contribution is 0.715. The predicted molar refractivity (Wildman–Crippen MR) is 95.5 cm³/mol. The average Bonchev–Trinajstić information content (AvgIpc) is 2.68. The maximum Gasteiger partial charge on any atom is 0.249 e. The van der Waals surface area contributed by atoms with Gasteiger partial charge in [0.05, 0.1) is 17.8 Å². The summed E-state index contributed by atoms with van der Waals surface area (Å²) in [6.45, 7) is 1.72. The number of nitrogens with one attached hydrogen (secondary N) is 1. The number of nitriles is 1. The number of anilines is 3. The maximum absolute atomic E-state index is 8.99. The first kappa shape index (κ1) is 15.1. The number of nitrogens with zero attached hydrogens (tertiary/aromatic N) is 5. The molecule has 0 radical (unpaired) electrons. The summed E-state index contributed by atoms with van der Waals surface area (Å²) >= 11 is 0. The van der Waals surface area contributed by atoms with Crippen LogP contribution in [0, 0.1) is 11.3 Å². The zero-order valence-corrected chi connectivity index (χ0v) is 13.6. The number of aromatic nitrogens is 3. The molecule has 1 aromatic heterocycles. The van der Waals surface area contributed by atoms with Crippen molar-refractivity contribution in [2.24, 2.45) is 0 Å². The summed E-state index contributed by atoms with van der Waals surface area (Å²) in [5, 5.41) is 20.2. The number of hydrogen-bond donors (Lipinski definition) is 1. The Bertz CT molecular complexity index is 946. The van der Waals surface area contributed by atoms with Gasteiger partial charge in [-0.25, -0.2) is 0 Å². The summed E-state index contributed by atoms with van der Waals surface area (Å²) < 4.78 is 0. The molecule has 1 aliphatic heterocycles. The molecule has 6 heteroatoms. The van der Waals surface area contributed by atoms with Crippen molar-refractivity contribution in [3.05, 3.63) is 71.4 Å². The van der Waals surface area contributed by atoms with E-state index in [2.05, 4.69) is 55.7 Å². The van der Waals surface area contributed by atoms with Crippen LogP contribution in [-0.2, 0) is 13.0 Å². The van der Waals surface area contributed by atoms with Crippen molar-refractivity contribution in [3.8, 4) is 6.07 Å². The summed E-state index contributed by atoms with van der Waals surface area (Å²) in [7, 11) is 0. The first-order valence-electron chi connectivity index (χ1n) is 8.10. The molecule has 6 nitrogen and oxygen atoms in total. The second-order valence-electron chi connectivity index (χ2n) is 5.90. The molecular weight excluding hydrogens is 312 g/mol. The van der Waals surface area contributed by atoms with Crippen molar-refractivity contribution in [1.82, 2.24) is 15.2 Å². The fraction of sp³-hybridized carbons (Fsp3) is 0.158. The van der Waals surface area contributed by atoms with Gasteiger partial charge in [0.1, 0.15) is 0 Å². The van der Waals surface area contributed by atoms with Crippen molar-refractivity contribution in [2.45, 2.75) is 13.0 Å². The number of fused-ring (bicyclic) bond motifs is 1. The van der Waals surface area contributed by atoms with Crippen molar-refractivity contribution in [1.29, 1.82) is 5.26 Å². The molecular formula is C19H16N6. The van der Waals surface area contributed by atoms with E-state index in [1.54, 1.807) is 18.3 Å². The average molecular weight is 328 g/mol. The van der Waals surface area contributed by atoms with Gasteiger partial charge in [0.2, 0.25) is 5.95 Å². The van der Waals surface area contributed by atoms with Crippen LogP contribution < -0.4 is 10.2 Å². The van der Waals surface area contributed by atoms with E-state index in [9.17, 15) is 0 Å². The fourth-order valence-electron chi connectivity index (χ4n) is 2.99. The third-order valence-electron chi connectivity index (χ3n) is 4.25. The Hall–Kier alpha value is -3.46. The van der Waals surface area contributed by atoms with Crippen LogP contribution in [0.15, 0.2) is 54.7 Å². The van der Waals surface area contributed by atoms with Crippen LogP contribution in [-0.4, -0.2) is 21.7 Å². The number of hydrogen-bond acceptors (Lipinski definition) is 6. The molecule has 0 saturated carbocycles. The van der Waals surface area contributed by atoms with Gasteiger partial charge in [0, 0.05) is 18.8 Å². The lowest BCUT2D eigenvalue weighted by Crippen LogP contribution is -2.31. The van der Waals surface area contributed by atoms with Gasteiger partial charge in [-0.2, -0.15) is 15.3 Å². The number of rotatable bonds is 3. The van der Waals surface area contributed by atoms with Gasteiger partial charge in [-0.3, -0.25) is 0 Å². The van der Waals surface area contributed by atoms with Gasteiger partial charge in [-0.05, 0) is 35.7 Å². The van der Waals surface area contributed by atoms with Crippen LogP contribution in [0.4, 0.5) is 17.5 Å². The van der Waals surface area contributed by atoms with E-state index < -0.39 is 0 Å². The van der Waals surface area contributed by atoms with Gasteiger partial charge in [-0.1, -0.05) is 30.3 Å². The molecule has 1 N–H and O–H groups in total. The van der Waals surface area contributed by atoms with Gasteiger partial charge in [0.15, 0.2) is 5.82 Å². The van der Waals surface area contributed by atoms with E-state index in [1.807, 2.05) is 12.1 Å². The Morgan fingerprint density at radius 1 is 1.08 bits per heavy atom. The smallest absolute Gasteiger partial charge is 0.249 e. The number of benzene rings is 2. The van der Waals surface area contributed by atoms with Crippen LogP contribution >= 0.6 is 0 Å². The Labute approximate surface area is 145 Å². The summed E-state index contributed by atoms with van der Waals surface area (Å²) in [5.74, 6) is 1.22. The molecule has 4 rings (SSSR count). The van der Waals surface area contributed by atoms with Crippen molar-refractivity contribution in [2.75, 3.05) is 16.8 Å². The third-order valence-corrected chi connectivity index (χ3v) is 4.25. The van der Waals surface area contributed by atoms with Crippen LogP contribution in [0.25, 0.3) is 0 Å². The Morgan fingerprint density at radius 3 is 2.84 bits per heavy atom. The van der Waals surface area contributed by atoms with Gasteiger partial charge >= 0.3 is 0 Å². The molecule has 0 amide bonds. The van der Waals surface area contributed by atoms with Crippen molar-refractivity contribution < 1.29 is 0 Å². The molecule has 0 bridgehead atoms. The van der Waals surface area contributed by atoms with Gasteiger partial charge < -0.3 is 10.2 Å². The molecule has 2 aromatic carbocycles. The molecule has 25 heavy (non-hydrogen) atoms. The van der Waals surface area contributed by atoms with Crippen LogP contribution in [0.3, 0.4) is 0 Å². The first-order chi connectivity index (χ1) is 12.3. The van der Waals surface area contributed by atoms with E-state index in [4.69, 9.17) is 5.26 Å². The van der Waals surface area contributed by atoms with Gasteiger partial charge in [-0.15, -0.1) is 5.10 Å². The van der Waals surface area contributed by atoms with E-state index in [0.29, 0.717) is 11.5 Å². The SMILES string of the molecule is N#Cc1cccc(Nc2nncc(N3CCc4ccccc4C3)n2)c1. The highest BCUT2D eigenvalue weighted by molar-refractivity contribution is 5.57. The molecule has 122 valence electrons. The van der Waals surface area contributed by atoms with Crippen LogP contribution in [0.5, 0.6) is 0 Å². The largest absolute Gasteiger partial charge is 0.350 e. The topological polar surface area (TPSA) is 77.7 Å². The van der Waals surface area contributed by atoms with Gasteiger partial charge in [0.25, 0.3) is 0 Å². The Balaban J connectivity index is 1.55. The standard InChI is InChI=1S/C19H16N6/c20-11-14-4-3-7-17(10-14)22-19-23-18(12-21-24-19)25-9-8-15-5-1-2-6-16(15)13-25/h1-7,10,12H,8-9,13H2,(H,22,23,24). The van der Waals surface area contributed by atoms with Crippen molar-refractivity contribution >= 4 is 17.5 Å². The second kappa shape index (κ2) is 6.57. The fourth-order valence-corrected chi connectivity index (χ4v) is 2.99. The van der Waals surface area contributed by atoms with Crippen molar-refractivity contribution in [3.63, 3.8) is 0 Å². The third kappa shape index (κ3) is 3.26. The normalized spacial score (nSPS) is 13.0. The van der Waals surface area contributed by atoms with E-state index in [1.165, 1.54) is 11.1 Å². The Kier molecular flexibility index (Phi) is 3.97. The lowest BCUT2D eigenvalue weighted by Gasteiger charge is -2.29. The second-order valence-corrected chi connectivity index (χ2v) is 5.90. The first-order valence-corrected chi connectivity index (χ1v) is 8.10. The minimum absolute atomic E-state index is 0.423. The van der Waals surface area contributed by atoms with Crippen LogP contribution in [0.1, 0.15) is 16.7 Å². The molecule has 0 spiro atoms. The molecule has 0 atom stereocenters. The quantitative estimate of drug-likeness (QED) is 0.796. The van der Waals surface area contributed by atoms with E-state index in [0.717, 1.165) is 31.0 Å². The van der Waals surface area contributed by atoms with E-state index >= 15 is 0 Å². The molecule has 2 heterocycles. The minimum Gasteiger partial charge on any atom is -0.350 e. The summed E-state index contributed by atoms with van der Waals surface area (Å²) in [4.78, 5) is 6.78.